The van der Waals surface area contributed by atoms with Crippen LogP contribution < -0.4 is 5.32 Å². The second-order valence-corrected chi connectivity index (χ2v) is 11.1. The van der Waals surface area contributed by atoms with Gasteiger partial charge in [0, 0.05) is 23.2 Å². The van der Waals surface area contributed by atoms with E-state index in [2.05, 4.69) is 10.3 Å². The molecule has 3 N–H and O–H groups in total. The highest BCUT2D eigenvalue weighted by molar-refractivity contribution is 7.91. The number of nitrogens with one attached hydrogen (secondary N) is 1. The van der Waals surface area contributed by atoms with Crippen molar-refractivity contribution in [3.63, 3.8) is 0 Å². The molecule has 1 aromatic heterocycles. The third kappa shape index (κ3) is 5.84. The van der Waals surface area contributed by atoms with Gasteiger partial charge in [-0.1, -0.05) is 61.7 Å². The molecule has 1 fully saturated rings. The maximum Gasteiger partial charge on any atom is 0.475 e. The third-order valence-corrected chi connectivity index (χ3v) is 8.46. The molecule has 0 spiro atoms. The lowest BCUT2D eigenvalue weighted by Crippen LogP contribution is -2.50. The van der Waals surface area contributed by atoms with Crippen molar-refractivity contribution in [2.45, 2.75) is 42.9 Å². The second kappa shape index (κ2) is 10.7. The van der Waals surface area contributed by atoms with Crippen LogP contribution in [-0.2, 0) is 21.1 Å². The van der Waals surface area contributed by atoms with Gasteiger partial charge in [-0.05, 0) is 36.5 Å². The van der Waals surface area contributed by atoms with E-state index in [1.807, 2.05) is 30.3 Å². The van der Waals surface area contributed by atoms with Crippen molar-refractivity contribution in [2.24, 2.45) is 11.8 Å². The zero-order chi connectivity index (χ0) is 24.1. The number of sulfone groups is 1. The Morgan fingerprint density at radius 2 is 1.85 bits per heavy atom. The molecule has 2 aromatic carbocycles. The van der Waals surface area contributed by atoms with Gasteiger partial charge in [-0.3, -0.25) is 9.78 Å². The molecule has 178 valence electrons. The molecule has 34 heavy (non-hydrogen) atoms. The molecule has 3 aromatic rings. The minimum atomic E-state index is -3.84. The summed E-state index contributed by atoms with van der Waals surface area (Å²) < 4.78 is 27.0. The van der Waals surface area contributed by atoms with Gasteiger partial charge in [-0.2, -0.15) is 0 Å². The zero-order valence-corrected chi connectivity index (χ0v) is 19.7. The van der Waals surface area contributed by atoms with Gasteiger partial charge in [-0.15, -0.1) is 0 Å². The van der Waals surface area contributed by atoms with Crippen LogP contribution in [0.25, 0.3) is 10.8 Å². The molecule has 2 atom stereocenters. The number of nitrogens with zero attached hydrogens (tertiary/aromatic N) is 1. The van der Waals surface area contributed by atoms with Gasteiger partial charge in [0.1, 0.15) is 0 Å². The summed E-state index contributed by atoms with van der Waals surface area (Å²) in [6, 6.07) is 15.9. The average Bonchev–Trinajstić information content (AvgIpc) is 2.80. The van der Waals surface area contributed by atoms with Crippen molar-refractivity contribution in [1.29, 1.82) is 0 Å². The number of pyridine rings is 1. The summed E-state index contributed by atoms with van der Waals surface area (Å²) in [5.41, 5.74) is 0.833. The van der Waals surface area contributed by atoms with Crippen LogP contribution in [0, 0.1) is 11.8 Å². The molecule has 1 amide bonds. The molecule has 9 heteroatoms. The van der Waals surface area contributed by atoms with E-state index in [1.165, 1.54) is 0 Å². The Kier molecular flexibility index (Phi) is 7.65. The van der Waals surface area contributed by atoms with Crippen molar-refractivity contribution >= 4 is 33.6 Å². The predicted octanol–water partition coefficient (Wildman–Crippen LogP) is 2.55. The molecule has 1 aliphatic rings. The van der Waals surface area contributed by atoms with E-state index in [1.54, 1.807) is 36.7 Å². The minimum absolute atomic E-state index is 0.159. The van der Waals surface area contributed by atoms with Crippen LogP contribution in [0.15, 0.2) is 71.9 Å². The molecular formula is C25H29BN2O5S. The smallest absolute Gasteiger partial charge is 0.426 e. The van der Waals surface area contributed by atoms with Crippen LogP contribution in [0.3, 0.4) is 0 Å². The second-order valence-electron chi connectivity index (χ2n) is 9.08. The summed E-state index contributed by atoms with van der Waals surface area (Å²) in [6.45, 7) is 0. The van der Waals surface area contributed by atoms with Crippen LogP contribution in [0.5, 0.6) is 0 Å². The molecule has 1 saturated carbocycles. The third-order valence-electron chi connectivity index (χ3n) is 6.59. The number of aromatic nitrogens is 1. The first-order chi connectivity index (χ1) is 16.3. The summed E-state index contributed by atoms with van der Waals surface area (Å²) in [7, 11) is -5.54. The van der Waals surface area contributed by atoms with Crippen LogP contribution in [0.2, 0.25) is 0 Å². The summed E-state index contributed by atoms with van der Waals surface area (Å²) in [4.78, 5) is 17.5. The minimum Gasteiger partial charge on any atom is -0.426 e. The molecule has 0 aliphatic heterocycles. The summed E-state index contributed by atoms with van der Waals surface area (Å²) >= 11 is 0. The monoisotopic (exact) mass is 480 g/mol. The Morgan fingerprint density at radius 1 is 1.09 bits per heavy atom. The van der Waals surface area contributed by atoms with E-state index in [-0.39, 0.29) is 11.3 Å². The normalized spacial score (nSPS) is 15.9. The van der Waals surface area contributed by atoms with Gasteiger partial charge in [0.25, 0.3) is 0 Å². The fourth-order valence-corrected chi connectivity index (χ4v) is 6.27. The lowest BCUT2D eigenvalue weighted by molar-refractivity contribution is -0.124. The van der Waals surface area contributed by atoms with Crippen molar-refractivity contribution in [2.75, 3.05) is 5.75 Å². The van der Waals surface area contributed by atoms with Crippen molar-refractivity contribution in [3.05, 3.63) is 72.6 Å². The van der Waals surface area contributed by atoms with E-state index >= 15 is 0 Å². The van der Waals surface area contributed by atoms with Gasteiger partial charge in [0.2, 0.25) is 5.91 Å². The van der Waals surface area contributed by atoms with E-state index in [9.17, 15) is 23.3 Å². The Morgan fingerprint density at radius 3 is 2.53 bits per heavy atom. The molecule has 7 nitrogen and oxygen atoms in total. The summed E-state index contributed by atoms with van der Waals surface area (Å²) in [5.74, 6) is -2.28. The van der Waals surface area contributed by atoms with Crippen LogP contribution in [0.1, 0.15) is 31.2 Å². The van der Waals surface area contributed by atoms with Crippen LogP contribution >= 0.6 is 0 Å². The number of carbonyl (C=O) groups is 1. The Hall–Kier alpha value is -2.75. The molecule has 0 unspecified atom stereocenters. The first-order valence-corrected chi connectivity index (χ1v) is 13.2. The molecular weight excluding hydrogens is 451 g/mol. The number of hydrogen-bond acceptors (Lipinski definition) is 6. The number of fused-ring (bicyclic) bond motifs is 1. The maximum absolute atomic E-state index is 13.5. The molecule has 0 bridgehead atoms. The van der Waals surface area contributed by atoms with E-state index in [4.69, 9.17) is 0 Å². The number of amides is 1. The van der Waals surface area contributed by atoms with Crippen molar-refractivity contribution in [1.82, 2.24) is 10.3 Å². The average molecular weight is 480 g/mol. The van der Waals surface area contributed by atoms with E-state index < -0.39 is 40.5 Å². The molecule has 0 saturated heterocycles. The number of benzene rings is 2. The Balaban J connectivity index is 1.60. The fraction of sp³-hybridized carbons (Fsp3) is 0.360. The lowest BCUT2D eigenvalue weighted by atomic mass is 9.69. The zero-order valence-electron chi connectivity index (χ0n) is 18.9. The van der Waals surface area contributed by atoms with Crippen LogP contribution in [-0.4, -0.2) is 48.2 Å². The van der Waals surface area contributed by atoms with Gasteiger partial charge in [-0.25, -0.2) is 8.42 Å². The first-order valence-electron chi connectivity index (χ1n) is 11.6. The Bertz CT molecular complexity index is 1230. The fourth-order valence-electron chi connectivity index (χ4n) is 4.49. The summed E-state index contributed by atoms with van der Waals surface area (Å²) in [6.07, 6.45) is 6.93. The SMILES string of the molecule is O=C(N[C@@H](CC1CCC1)B(O)O)[C@H](Cc1ccccc1)CS(=O)(=O)c1cccc2cnccc12. The van der Waals surface area contributed by atoms with Crippen LogP contribution in [0.4, 0.5) is 0 Å². The predicted molar refractivity (Wildman–Crippen MR) is 132 cm³/mol. The molecule has 1 heterocycles. The Labute approximate surface area is 200 Å². The summed E-state index contributed by atoms with van der Waals surface area (Å²) in [5, 5.41) is 23.7. The molecule has 4 rings (SSSR count). The maximum atomic E-state index is 13.5. The van der Waals surface area contributed by atoms with Gasteiger partial charge in [0.05, 0.1) is 22.5 Å². The number of hydrogen-bond donors (Lipinski definition) is 3. The van der Waals surface area contributed by atoms with Crippen molar-refractivity contribution < 1.29 is 23.3 Å². The van der Waals surface area contributed by atoms with E-state index in [0.29, 0.717) is 23.1 Å². The highest BCUT2D eigenvalue weighted by Crippen LogP contribution is 2.31. The van der Waals surface area contributed by atoms with Crippen molar-refractivity contribution in [3.8, 4) is 0 Å². The van der Waals surface area contributed by atoms with Gasteiger partial charge >= 0.3 is 7.12 Å². The number of carbonyl (C=O) groups excluding carboxylic acids is 1. The van der Waals surface area contributed by atoms with Gasteiger partial charge in [0.15, 0.2) is 9.84 Å². The largest absolute Gasteiger partial charge is 0.475 e. The van der Waals surface area contributed by atoms with Gasteiger partial charge < -0.3 is 15.4 Å². The lowest BCUT2D eigenvalue weighted by Gasteiger charge is -2.30. The molecule has 1 aliphatic carbocycles. The number of rotatable bonds is 10. The highest BCUT2D eigenvalue weighted by atomic mass is 32.2. The first kappa shape index (κ1) is 24.4. The highest BCUT2D eigenvalue weighted by Gasteiger charge is 2.34. The topological polar surface area (TPSA) is 117 Å². The molecule has 0 radical (unpaired) electrons. The van der Waals surface area contributed by atoms with E-state index in [0.717, 1.165) is 24.8 Å². The standard InChI is InChI=1S/C25H29BN2O5S/c29-25(28-24(26(30)31)15-19-8-4-9-19)21(14-18-6-2-1-3-7-18)17-34(32,33)23-11-5-10-20-16-27-13-12-22(20)23/h1-3,5-7,10-13,16,19,21,24,30-31H,4,8-9,14-15,17H2,(H,28,29)/t21-,24+/m1/s1. The quantitative estimate of drug-likeness (QED) is 0.384.